The number of nitrogens with zero attached hydrogens (tertiary/aromatic N) is 1. The summed E-state index contributed by atoms with van der Waals surface area (Å²) >= 11 is 0. The van der Waals surface area contributed by atoms with Crippen LogP contribution in [0.5, 0.6) is 0 Å². The molecule has 6 heteroatoms. The van der Waals surface area contributed by atoms with Crippen LogP contribution in [-0.4, -0.2) is 30.2 Å². The van der Waals surface area contributed by atoms with E-state index in [1.54, 1.807) is 26.3 Å². The minimum absolute atomic E-state index is 0.138. The van der Waals surface area contributed by atoms with Gasteiger partial charge in [0, 0.05) is 25.9 Å². The van der Waals surface area contributed by atoms with E-state index in [4.69, 9.17) is 10.5 Å². The van der Waals surface area contributed by atoms with Crippen LogP contribution >= 0.6 is 0 Å². The molecule has 3 N–H and O–H groups in total. The molecule has 0 saturated carbocycles. The molecule has 1 rings (SSSR count). The second-order valence-corrected chi connectivity index (χ2v) is 3.72. The molecule has 1 aromatic rings. The van der Waals surface area contributed by atoms with Crippen LogP contribution in [0.15, 0.2) is 23.1 Å². The Morgan fingerprint density at radius 1 is 1.59 bits per heavy atom. The van der Waals surface area contributed by atoms with Crippen molar-refractivity contribution >= 4 is 11.6 Å². The molecule has 94 valence electrons. The van der Waals surface area contributed by atoms with E-state index < -0.39 is 6.04 Å². The number of amides is 1. The first-order chi connectivity index (χ1) is 8.04. The van der Waals surface area contributed by atoms with Gasteiger partial charge in [0.2, 0.25) is 5.91 Å². The van der Waals surface area contributed by atoms with Gasteiger partial charge in [-0.3, -0.25) is 9.59 Å². The van der Waals surface area contributed by atoms with E-state index in [-0.39, 0.29) is 11.5 Å². The van der Waals surface area contributed by atoms with Crippen LogP contribution in [0.3, 0.4) is 0 Å². The quantitative estimate of drug-likeness (QED) is 0.743. The van der Waals surface area contributed by atoms with E-state index in [9.17, 15) is 9.59 Å². The molecule has 1 atom stereocenters. The normalized spacial score (nSPS) is 12.2. The van der Waals surface area contributed by atoms with Crippen LogP contribution < -0.4 is 16.6 Å². The molecule has 0 aliphatic carbocycles. The number of pyridine rings is 1. The summed E-state index contributed by atoms with van der Waals surface area (Å²) in [4.78, 5) is 22.8. The Morgan fingerprint density at radius 2 is 2.29 bits per heavy atom. The average molecular weight is 239 g/mol. The van der Waals surface area contributed by atoms with Gasteiger partial charge in [-0.05, 0) is 13.0 Å². The predicted molar refractivity (Wildman–Crippen MR) is 64.9 cm³/mol. The lowest BCUT2D eigenvalue weighted by Gasteiger charge is -2.10. The number of hydrogen-bond donors (Lipinski definition) is 2. The van der Waals surface area contributed by atoms with E-state index in [1.807, 2.05) is 0 Å². The fourth-order valence-electron chi connectivity index (χ4n) is 1.23. The molecule has 0 aromatic carbocycles. The molecule has 6 nitrogen and oxygen atoms in total. The minimum atomic E-state index is -0.589. The number of anilines is 1. The highest BCUT2D eigenvalue weighted by Crippen LogP contribution is 2.03. The number of nitrogens with one attached hydrogen (secondary N) is 1. The van der Waals surface area contributed by atoms with Gasteiger partial charge in [0.25, 0.3) is 5.56 Å². The van der Waals surface area contributed by atoms with Crippen molar-refractivity contribution in [2.45, 2.75) is 19.5 Å². The van der Waals surface area contributed by atoms with Gasteiger partial charge < -0.3 is 20.4 Å². The molecule has 0 aliphatic rings. The molecule has 0 saturated heterocycles. The summed E-state index contributed by atoms with van der Waals surface area (Å²) in [5.74, 6) is -0.290. The third-order valence-electron chi connectivity index (χ3n) is 2.20. The average Bonchev–Trinajstić information content (AvgIpc) is 2.29. The minimum Gasteiger partial charge on any atom is -0.383 e. The highest BCUT2D eigenvalue weighted by molar-refractivity contribution is 5.94. The van der Waals surface area contributed by atoms with E-state index >= 15 is 0 Å². The zero-order valence-corrected chi connectivity index (χ0v) is 9.97. The molecule has 0 aliphatic heterocycles. The number of carbonyl (C=O) groups is 1. The summed E-state index contributed by atoms with van der Waals surface area (Å²) in [6.07, 6.45) is 1.57. The first-order valence-corrected chi connectivity index (χ1v) is 5.30. The molecule has 0 unspecified atom stereocenters. The third-order valence-corrected chi connectivity index (χ3v) is 2.20. The number of rotatable bonds is 5. The maximum absolute atomic E-state index is 11.5. The zero-order chi connectivity index (χ0) is 12.8. The molecule has 1 amide bonds. The summed E-state index contributed by atoms with van der Waals surface area (Å²) in [7, 11) is 1.56. The van der Waals surface area contributed by atoms with Gasteiger partial charge >= 0.3 is 0 Å². The van der Waals surface area contributed by atoms with E-state index in [2.05, 4.69) is 5.32 Å². The smallest absolute Gasteiger partial charge is 0.250 e. The Morgan fingerprint density at radius 3 is 2.88 bits per heavy atom. The van der Waals surface area contributed by atoms with Gasteiger partial charge in [-0.1, -0.05) is 0 Å². The second kappa shape index (κ2) is 6.17. The number of methoxy groups -OCH3 is 1. The van der Waals surface area contributed by atoms with Crippen LogP contribution in [0.25, 0.3) is 0 Å². The van der Waals surface area contributed by atoms with Gasteiger partial charge in [0.15, 0.2) is 0 Å². The zero-order valence-electron chi connectivity index (χ0n) is 9.97. The largest absolute Gasteiger partial charge is 0.383 e. The monoisotopic (exact) mass is 239 g/mol. The van der Waals surface area contributed by atoms with Crippen molar-refractivity contribution in [3.63, 3.8) is 0 Å². The maximum Gasteiger partial charge on any atom is 0.250 e. The Labute approximate surface area is 99.4 Å². The Bertz CT molecular complexity index is 440. The molecule has 0 bridgehead atoms. The standard InChI is InChI=1S/C11H17N3O3/c1-8(12)11(16)13-9-3-4-10(15)14(7-9)5-6-17-2/h3-4,7-8H,5-6,12H2,1-2H3,(H,13,16)/t8-/m0/s1. The Hall–Kier alpha value is -1.66. The molecule has 1 aromatic heterocycles. The van der Waals surface area contributed by atoms with Crippen molar-refractivity contribution in [1.29, 1.82) is 0 Å². The van der Waals surface area contributed by atoms with E-state index in [1.165, 1.54) is 10.6 Å². The van der Waals surface area contributed by atoms with Crippen LogP contribution in [0.2, 0.25) is 0 Å². The van der Waals surface area contributed by atoms with Crippen molar-refractivity contribution in [3.05, 3.63) is 28.7 Å². The Kier molecular flexibility index (Phi) is 4.86. The first-order valence-electron chi connectivity index (χ1n) is 5.30. The summed E-state index contributed by atoms with van der Waals surface area (Å²) in [6.45, 7) is 2.47. The van der Waals surface area contributed by atoms with Crippen molar-refractivity contribution in [3.8, 4) is 0 Å². The molecule has 1 heterocycles. The van der Waals surface area contributed by atoms with Crippen LogP contribution in [0.1, 0.15) is 6.92 Å². The van der Waals surface area contributed by atoms with Gasteiger partial charge in [-0.2, -0.15) is 0 Å². The predicted octanol–water partition coefficient (Wildman–Crippen LogP) is -0.220. The number of ether oxygens (including phenoxy) is 1. The van der Waals surface area contributed by atoms with Crippen molar-refractivity contribution < 1.29 is 9.53 Å². The number of hydrogen-bond acceptors (Lipinski definition) is 4. The van der Waals surface area contributed by atoms with Gasteiger partial charge in [-0.25, -0.2) is 0 Å². The summed E-state index contributed by atoms with van der Waals surface area (Å²) in [5.41, 5.74) is 5.84. The lowest BCUT2D eigenvalue weighted by atomic mass is 10.3. The SMILES string of the molecule is COCCn1cc(NC(=O)[C@H](C)N)ccc1=O. The van der Waals surface area contributed by atoms with Crippen molar-refractivity contribution in [2.24, 2.45) is 5.73 Å². The Balaban J connectivity index is 2.81. The van der Waals surface area contributed by atoms with Crippen LogP contribution in [0.4, 0.5) is 5.69 Å². The van der Waals surface area contributed by atoms with Gasteiger partial charge in [0.1, 0.15) is 0 Å². The molecule has 17 heavy (non-hydrogen) atoms. The highest BCUT2D eigenvalue weighted by atomic mass is 16.5. The number of aromatic nitrogens is 1. The summed E-state index contributed by atoms with van der Waals surface area (Å²) in [5, 5.41) is 2.62. The second-order valence-electron chi connectivity index (χ2n) is 3.72. The molecule has 0 fully saturated rings. The van der Waals surface area contributed by atoms with E-state index in [0.717, 1.165) is 0 Å². The van der Waals surface area contributed by atoms with Crippen LogP contribution in [-0.2, 0) is 16.1 Å². The molecule has 0 radical (unpaired) electrons. The molecular formula is C11H17N3O3. The number of carbonyl (C=O) groups excluding carboxylic acids is 1. The van der Waals surface area contributed by atoms with Crippen molar-refractivity contribution in [1.82, 2.24) is 4.57 Å². The van der Waals surface area contributed by atoms with Gasteiger partial charge in [0.05, 0.1) is 18.3 Å². The third kappa shape index (κ3) is 4.01. The fraction of sp³-hybridized carbons (Fsp3) is 0.455. The fourth-order valence-corrected chi connectivity index (χ4v) is 1.23. The van der Waals surface area contributed by atoms with E-state index in [0.29, 0.717) is 18.8 Å². The highest BCUT2D eigenvalue weighted by Gasteiger charge is 2.08. The van der Waals surface area contributed by atoms with Crippen LogP contribution in [0, 0.1) is 0 Å². The maximum atomic E-state index is 11.5. The lowest BCUT2D eigenvalue weighted by molar-refractivity contribution is -0.117. The lowest BCUT2D eigenvalue weighted by Crippen LogP contribution is -2.33. The molecular weight excluding hydrogens is 222 g/mol. The summed E-state index contributed by atoms with van der Waals surface area (Å²) in [6, 6.07) is 2.35. The topological polar surface area (TPSA) is 86.3 Å². The first kappa shape index (κ1) is 13.4. The molecule has 0 spiro atoms. The number of nitrogens with two attached hydrogens (primary N) is 1. The summed E-state index contributed by atoms with van der Waals surface area (Å²) < 4.78 is 6.37. The van der Waals surface area contributed by atoms with Gasteiger partial charge in [-0.15, -0.1) is 0 Å². The van der Waals surface area contributed by atoms with Crippen molar-refractivity contribution in [2.75, 3.05) is 19.0 Å².